The second-order valence-electron chi connectivity index (χ2n) is 2.63. The van der Waals surface area contributed by atoms with Gasteiger partial charge in [-0.15, -0.1) is 17.0 Å². The van der Waals surface area contributed by atoms with Gasteiger partial charge in [0.15, 0.2) is 0 Å². The number of halogens is 1. The molecule has 8 heteroatoms. The summed E-state index contributed by atoms with van der Waals surface area (Å²) in [6, 6.07) is -1.55. The summed E-state index contributed by atoms with van der Waals surface area (Å²) in [4.78, 5) is 19.1. The fraction of sp³-hybridized carbons (Fsp3) is 0.714. The predicted molar refractivity (Wildman–Crippen MR) is 62.6 cm³/mol. The Morgan fingerprint density at radius 2 is 1.60 bits per heavy atom. The van der Waals surface area contributed by atoms with E-state index in [0.717, 1.165) is 12.8 Å². The molecule has 0 aliphatic rings. The summed E-state index contributed by atoms with van der Waals surface area (Å²) in [5.74, 6) is -0.933. The van der Waals surface area contributed by atoms with Crippen molar-refractivity contribution >= 4 is 29.0 Å². The molecule has 0 rings (SSSR count). The van der Waals surface area contributed by atoms with Crippen LogP contribution in [0.5, 0.6) is 0 Å². The highest BCUT2D eigenvalue weighted by Crippen LogP contribution is 1.96. The van der Waals surface area contributed by atoms with Crippen LogP contribution < -0.4 is 22.9 Å². The summed E-state index contributed by atoms with van der Waals surface area (Å²) in [5, 5.41) is 8.33. The van der Waals surface area contributed by atoms with Gasteiger partial charge in [0.05, 0.1) is 0 Å². The molecule has 0 saturated carbocycles. The van der Waals surface area contributed by atoms with E-state index in [1.807, 2.05) is 0 Å². The number of hydrogen-bond acceptors (Lipinski definition) is 4. The van der Waals surface area contributed by atoms with Crippen LogP contribution in [0.3, 0.4) is 0 Å². The maximum atomic E-state index is 10.1. The number of aliphatic carboxylic acids is 1. The van der Waals surface area contributed by atoms with Crippen molar-refractivity contribution in [1.29, 1.82) is 0 Å². The molecule has 0 aliphatic carbocycles. The van der Waals surface area contributed by atoms with Gasteiger partial charge in [0.1, 0.15) is 6.04 Å². The summed E-state index contributed by atoms with van der Waals surface area (Å²) in [6.07, 6.45) is 2.16. The minimum atomic E-state index is -0.933. The van der Waals surface area contributed by atoms with Crippen molar-refractivity contribution in [2.24, 2.45) is 22.9 Å². The molecule has 1 atom stereocenters. The van der Waals surface area contributed by atoms with Crippen molar-refractivity contribution < 1.29 is 14.7 Å². The molecule has 0 heterocycles. The standard InChI is InChI=1S/C6H14N2O2.CH4N2O.BrH/c7-4-2-1-3-5(8)6(9)10;2-1(3)4;/h5H,1-4,7-8H2,(H,9,10);(H4,2,3,4);1H/t5-;;/m0../s1. The molecule has 0 bridgehead atoms. The first-order chi connectivity index (χ1) is 6.41. The summed E-state index contributed by atoms with van der Waals surface area (Å²) in [7, 11) is 0. The lowest BCUT2D eigenvalue weighted by atomic mass is 10.1. The van der Waals surface area contributed by atoms with Gasteiger partial charge in [-0.05, 0) is 19.4 Å². The highest BCUT2D eigenvalue weighted by Gasteiger charge is 2.09. The van der Waals surface area contributed by atoms with Crippen LogP contribution in [0.25, 0.3) is 0 Å². The molecule has 0 fully saturated rings. The van der Waals surface area contributed by atoms with Crippen LogP contribution in [-0.2, 0) is 4.79 Å². The molecule has 0 aliphatic heterocycles. The number of urea groups is 1. The number of carbonyl (C=O) groups is 2. The summed E-state index contributed by atoms with van der Waals surface area (Å²) in [5.41, 5.74) is 18.9. The highest BCUT2D eigenvalue weighted by atomic mass is 79.9. The Labute approximate surface area is 98.9 Å². The molecule has 0 radical (unpaired) electrons. The Kier molecular flexibility index (Phi) is 17.2. The average Bonchev–Trinajstić information content (AvgIpc) is 2.03. The maximum Gasteiger partial charge on any atom is 0.320 e. The fourth-order valence-corrected chi connectivity index (χ4v) is 0.632. The number of hydrogen-bond donors (Lipinski definition) is 5. The Balaban J connectivity index is -0.000000249. The van der Waals surface area contributed by atoms with Crippen LogP contribution in [0.4, 0.5) is 4.79 Å². The molecule has 0 aromatic heterocycles. The smallest absolute Gasteiger partial charge is 0.320 e. The van der Waals surface area contributed by atoms with E-state index >= 15 is 0 Å². The Hall–Kier alpha value is -0.860. The van der Waals surface area contributed by atoms with E-state index in [-0.39, 0.29) is 17.0 Å². The molecule has 7 nitrogen and oxygen atoms in total. The first-order valence-electron chi connectivity index (χ1n) is 4.15. The second-order valence-corrected chi connectivity index (χ2v) is 2.63. The first-order valence-corrected chi connectivity index (χ1v) is 4.15. The third kappa shape index (κ3) is 24.6. The van der Waals surface area contributed by atoms with Gasteiger partial charge in [-0.3, -0.25) is 4.79 Å². The van der Waals surface area contributed by atoms with Crippen molar-refractivity contribution in [3.8, 4) is 0 Å². The summed E-state index contributed by atoms with van der Waals surface area (Å²) in [6.45, 7) is 0.604. The van der Waals surface area contributed by atoms with Gasteiger partial charge in [0.2, 0.25) is 0 Å². The molecular weight excluding hydrogens is 268 g/mol. The van der Waals surface area contributed by atoms with Gasteiger partial charge >= 0.3 is 12.0 Å². The average molecular weight is 287 g/mol. The monoisotopic (exact) mass is 286 g/mol. The van der Waals surface area contributed by atoms with Crippen LogP contribution in [0.2, 0.25) is 0 Å². The number of primary amides is 2. The van der Waals surface area contributed by atoms with Crippen LogP contribution in [0.1, 0.15) is 19.3 Å². The van der Waals surface area contributed by atoms with Crippen molar-refractivity contribution in [1.82, 2.24) is 0 Å². The number of carboxylic acids is 1. The molecule has 2 amide bonds. The number of rotatable bonds is 5. The third-order valence-electron chi connectivity index (χ3n) is 1.29. The topological polar surface area (TPSA) is 158 Å². The normalized spacial score (nSPS) is 10.3. The van der Waals surface area contributed by atoms with Gasteiger partial charge in [-0.1, -0.05) is 6.42 Å². The Morgan fingerprint density at radius 1 is 1.20 bits per heavy atom. The SMILES string of the molecule is Br.NC(N)=O.NCCCC[C@H](N)C(=O)O. The van der Waals surface area contributed by atoms with Gasteiger partial charge < -0.3 is 28.0 Å². The third-order valence-corrected chi connectivity index (χ3v) is 1.29. The van der Waals surface area contributed by atoms with E-state index in [1.54, 1.807) is 0 Å². The first kappa shape index (κ1) is 19.7. The fourth-order valence-electron chi connectivity index (χ4n) is 0.632. The van der Waals surface area contributed by atoms with E-state index in [2.05, 4.69) is 11.5 Å². The number of nitrogens with two attached hydrogens (primary N) is 4. The van der Waals surface area contributed by atoms with Gasteiger partial charge in [-0.25, -0.2) is 4.79 Å². The predicted octanol–water partition coefficient (Wildman–Crippen LogP) is -0.871. The van der Waals surface area contributed by atoms with E-state index in [0.29, 0.717) is 13.0 Å². The molecule has 0 aromatic rings. The summed E-state index contributed by atoms with van der Waals surface area (Å²) >= 11 is 0. The molecule has 9 N–H and O–H groups in total. The molecule has 92 valence electrons. The van der Waals surface area contributed by atoms with Gasteiger partial charge in [-0.2, -0.15) is 0 Å². The maximum absolute atomic E-state index is 10.1. The molecule has 15 heavy (non-hydrogen) atoms. The van der Waals surface area contributed by atoms with Gasteiger partial charge in [0.25, 0.3) is 0 Å². The number of amides is 2. The lowest BCUT2D eigenvalue weighted by Crippen LogP contribution is -2.29. The van der Waals surface area contributed by atoms with E-state index in [9.17, 15) is 4.79 Å². The molecular formula is C7H19BrN4O3. The van der Waals surface area contributed by atoms with E-state index in [1.165, 1.54) is 0 Å². The zero-order chi connectivity index (χ0) is 11.6. The van der Waals surface area contributed by atoms with Crippen LogP contribution in [-0.4, -0.2) is 29.7 Å². The van der Waals surface area contributed by atoms with E-state index < -0.39 is 18.0 Å². The van der Waals surface area contributed by atoms with Crippen LogP contribution in [0, 0.1) is 0 Å². The molecule has 0 aromatic carbocycles. The number of unbranched alkanes of at least 4 members (excludes halogenated alkanes) is 1. The minimum Gasteiger partial charge on any atom is -0.480 e. The van der Waals surface area contributed by atoms with Crippen LogP contribution in [0.15, 0.2) is 0 Å². The van der Waals surface area contributed by atoms with E-state index in [4.69, 9.17) is 21.4 Å². The van der Waals surface area contributed by atoms with Crippen molar-refractivity contribution in [2.75, 3.05) is 6.54 Å². The lowest BCUT2D eigenvalue weighted by molar-refractivity contribution is -0.138. The van der Waals surface area contributed by atoms with Crippen LogP contribution >= 0.6 is 17.0 Å². The number of carboxylic acid groups (broad SMARTS) is 1. The quantitative estimate of drug-likeness (QED) is 0.415. The highest BCUT2D eigenvalue weighted by molar-refractivity contribution is 8.93. The molecule has 0 saturated heterocycles. The number of carbonyl (C=O) groups excluding carboxylic acids is 1. The molecule has 0 unspecified atom stereocenters. The molecule has 0 spiro atoms. The largest absolute Gasteiger partial charge is 0.480 e. The van der Waals surface area contributed by atoms with Crippen molar-refractivity contribution in [3.05, 3.63) is 0 Å². The lowest BCUT2D eigenvalue weighted by Gasteiger charge is -2.03. The van der Waals surface area contributed by atoms with Crippen molar-refractivity contribution in [2.45, 2.75) is 25.3 Å². The zero-order valence-electron chi connectivity index (χ0n) is 8.39. The second kappa shape index (κ2) is 13.1. The minimum absolute atomic E-state index is 0. The Bertz CT molecular complexity index is 176. The van der Waals surface area contributed by atoms with Crippen molar-refractivity contribution in [3.63, 3.8) is 0 Å². The Morgan fingerprint density at radius 3 is 1.87 bits per heavy atom. The summed E-state index contributed by atoms with van der Waals surface area (Å²) < 4.78 is 0. The van der Waals surface area contributed by atoms with Gasteiger partial charge in [0, 0.05) is 0 Å². The zero-order valence-corrected chi connectivity index (χ0v) is 10.1.